The van der Waals surface area contributed by atoms with Crippen LogP contribution in [0.1, 0.15) is 27.2 Å². The van der Waals surface area contributed by atoms with Crippen LogP contribution in [0.25, 0.3) is 0 Å². The molecule has 1 atom stereocenters. The highest BCUT2D eigenvalue weighted by molar-refractivity contribution is 5.81. The van der Waals surface area contributed by atoms with Gasteiger partial charge < -0.3 is 4.74 Å². The van der Waals surface area contributed by atoms with E-state index in [1.54, 1.807) is 6.21 Å². The smallest absolute Gasteiger partial charge is 0.330 e. The molecular formula is C13H19NO2. The first-order chi connectivity index (χ1) is 7.41. The molecule has 1 aliphatic heterocycles. The maximum Gasteiger partial charge on any atom is 0.330 e. The van der Waals surface area contributed by atoms with Crippen molar-refractivity contribution >= 4 is 12.2 Å². The molecule has 0 radical (unpaired) electrons. The molecule has 16 heavy (non-hydrogen) atoms. The van der Waals surface area contributed by atoms with Gasteiger partial charge in [0, 0.05) is 18.7 Å². The van der Waals surface area contributed by atoms with Crippen molar-refractivity contribution in [2.24, 2.45) is 10.4 Å². The van der Waals surface area contributed by atoms with E-state index >= 15 is 0 Å². The van der Waals surface area contributed by atoms with E-state index in [-0.39, 0.29) is 16.9 Å². The summed E-state index contributed by atoms with van der Waals surface area (Å²) in [5.74, 6) is -0.380. The van der Waals surface area contributed by atoms with Gasteiger partial charge in [-0.25, -0.2) is 4.79 Å². The van der Waals surface area contributed by atoms with Crippen LogP contribution in [0.2, 0.25) is 0 Å². The number of carbonyl (C=O) groups is 1. The van der Waals surface area contributed by atoms with E-state index in [1.807, 2.05) is 6.08 Å². The second-order valence-corrected chi connectivity index (χ2v) is 4.93. The van der Waals surface area contributed by atoms with Crippen LogP contribution in [0.5, 0.6) is 0 Å². The first-order valence-corrected chi connectivity index (χ1v) is 5.43. The van der Waals surface area contributed by atoms with Crippen LogP contribution in [0.3, 0.4) is 0 Å². The van der Waals surface area contributed by atoms with Crippen molar-refractivity contribution < 1.29 is 9.53 Å². The fraction of sp³-hybridized carbons (Fsp3) is 0.538. The summed E-state index contributed by atoms with van der Waals surface area (Å²) in [6, 6.07) is 0. The minimum atomic E-state index is -0.380. The number of ether oxygens (including phenoxy) is 1. The standard InChI is InChI=1S/C13H19NO2/c1-5-11(15)16-10-8-13(12(2,3)4)7-6-9-14-13/h5-7,9H,1,8,10H2,2-4H3. The molecule has 1 rings (SSSR count). The lowest BCUT2D eigenvalue weighted by Crippen LogP contribution is -2.39. The summed E-state index contributed by atoms with van der Waals surface area (Å²) in [5, 5.41) is 0. The van der Waals surface area contributed by atoms with Crippen LogP contribution in [0, 0.1) is 5.41 Å². The van der Waals surface area contributed by atoms with Crippen LogP contribution in [0.15, 0.2) is 29.8 Å². The Morgan fingerprint density at radius 3 is 2.69 bits per heavy atom. The zero-order valence-electron chi connectivity index (χ0n) is 10.2. The number of rotatable bonds is 4. The molecule has 0 aromatic carbocycles. The average molecular weight is 221 g/mol. The SMILES string of the molecule is C=CC(=O)OCCC1(C(C)(C)C)C=CC=N1. The molecule has 1 heterocycles. The number of carbonyl (C=O) groups excluding carboxylic acids is 1. The van der Waals surface area contributed by atoms with Crippen LogP contribution in [-0.4, -0.2) is 24.3 Å². The monoisotopic (exact) mass is 221 g/mol. The Hall–Kier alpha value is -1.38. The Morgan fingerprint density at radius 2 is 2.25 bits per heavy atom. The largest absolute Gasteiger partial charge is 0.462 e. The Labute approximate surface area is 96.9 Å². The van der Waals surface area contributed by atoms with Gasteiger partial charge in [-0.15, -0.1) is 0 Å². The molecule has 0 aliphatic carbocycles. The predicted octanol–water partition coefficient (Wildman–Crippen LogP) is 2.53. The van der Waals surface area contributed by atoms with Gasteiger partial charge in [-0.05, 0) is 11.5 Å². The fourth-order valence-corrected chi connectivity index (χ4v) is 1.75. The second-order valence-electron chi connectivity index (χ2n) is 4.93. The van der Waals surface area contributed by atoms with Gasteiger partial charge in [-0.3, -0.25) is 4.99 Å². The predicted molar refractivity (Wildman–Crippen MR) is 65.6 cm³/mol. The molecule has 0 fully saturated rings. The maximum atomic E-state index is 10.9. The molecule has 1 unspecified atom stereocenters. The maximum absolute atomic E-state index is 10.9. The summed E-state index contributed by atoms with van der Waals surface area (Å²) >= 11 is 0. The zero-order valence-corrected chi connectivity index (χ0v) is 10.2. The van der Waals surface area contributed by atoms with E-state index in [2.05, 4.69) is 38.4 Å². The summed E-state index contributed by atoms with van der Waals surface area (Å²) in [6.07, 6.45) is 7.70. The Balaban J connectivity index is 2.61. The number of aliphatic imine (C=N–C) groups is 1. The Morgan fingerprint density at radius 1 is 1.56 bits per heavy atom. The van der Waals surface area contributed by atoms with Crippen molar-refractivity contribution in [3.63, 3.8) is 0 Å². The molecule has 3 nitrogen and oxygen atoms in total. The summed E-state index contributed by atoms with van der Waals surface area (Å²) in [5.41, 5.74) is -0.245. The summed E-state index contributed by atoms with van der Waals surface area (Å²) in [7, 11) is 0. The molecule has 88 valence electrons. The average Bonchev–Trinajstić information content (AvgIpc) is 2.66. The number of hydrogen-bond acceptors (Lipinski definition) is 3. The number of esters is 1. The molecule has 0 N–H and O–H groups in total. The molecule has 0 bridgehead atoms. The lowest BCUT2D eigenvalue weighted by Gasteiger charge is -2.37. The Kier molecular flexibility index (Phi) is 3.68. The van der Waals surface area contributed by atoms with Crippen molar-refractivity contribution in [2.45, 2.75) is 32.7 Å². The molecule has 0 amide bonds. The third kappa shape index (κ3) is 2.60. The van der Waals surface area contributed by atoms with E-state index in [0.717, 1.165) is 0 Å². The second kappa shape index (κ2) is 4.64. The minimum Gasteiger partial charge on any atom is -0.462 e. The van der Waals surface area contributed by atoms with E-state index in [1.165, 1.54) is 6.08 Å². The van der Waals surface area contributed by atoms with Gasteiger partial charge in [0.25, 0.3) is 0 Å². The molecule has 0 saturated carbocycles. The molecule has 0 aromatic heterocycles. The van der Waals surface area contributed by atoms with Gasteiger partial charge >= 0.3 is 5.97 Å². The highest BCUT2D eigenvalue weighted by Crippen LogP contribution is 2.39. The van der Waals surface area contributed by atoms with E-state index in [0.29, 0.717) is 13.0 Å². The van der Waals surface area contributed by atoms with Crippen molar-refractivity contribution in [3.8, 4) is 0 Å². The molecule has 3 heteroatoms. The van der Waals surface area contributed by atoms with Crippen LogP contribution < -0.4 is 0 Å². The summed E-state index contributed by atoms with van der Waals surface area (Å²) < 4.78 is 5.01. The highest BCUT2D eigenvalue weighted by Gasteiger charge is 2.40. The fourth-order valence-electron chi connectivity index (χ4n) is 1.75. The number of hydrogen-bond donors (Lipinski definition) is 0. The van der Waals surface area contributed by atoms with Crippen molar-refractivity contribution in [3.05, 3.63) is 24.8 Å². The highest BCUT2D eigenvalue weighted by atomic mass is 16.5. The molecule has 1 aliphatic rings. The molecular weight excluding hydrogens is 202 g/mol. The van der Waals surface area contributed by atoms with Crippen molar-refractivity contribution in [1.82, 2.24) is 0 Å². The van der Waals surface area contributed by atoms with Gasteiger partial charge in [0.2, 0.25) is 0 Å². The van der Waals surface area contributed by atoms with Gasteiger partial charge in [-0.2, -0.15) is 0 Å². The van der Waals surface area contributed by atoms with Crippen LogP contribution in [-0.2, 0) is 9.53 Å². The summed E-state index contributed by atoms with van der Waals surface area (Å²) in [4.78, 5) is 15.5. The lowest BCUT2D eigenvalue weighted by atomic mass is 9.72. The van der Waals surface area contributed by atoms with Crippen LogP contribution >= 0.6 is 0 Å². The van der Waals surface area contributed by atoms with E-state index in [4.69, 9.17) is 4.74 Å². The van der Waals surface area contributed by atoms with Gasteiger partial charge in [0.1, 0.15) is 0 Å². The third-order valence-corrected chi connectivity index (χ3v) is 2.96. The summed E-state index contributed by atoms with van der Waals surface area (Å²) in [6.45, 7) is 10.1. The van der Waals surface area contributed by atoms with Gasteiger partial charge in [0.15, 0.2) is 0 Å². The number of nitrogens with zero attached hydrogens (tertiary/aromatic N) is 1. The van der Waals surface area contributed by atoms with Gasteiger partial charge in [0.05, 0.1) is 12.1 Å². The Bertz CT molecular complexity index is 322. The van der Waals surface area contributed by atoms with E-state index < -0.39 is 0 Å². The molecule has 0 saturated heterocycles. The van der Waals surface area contributed by atoms with Crippen molar-refractivity contribution in [1.29, 1.82) is 0 Å². The minimum absolute atomic E-state index is 0.0110. The molecule has 0 aromatic rings. The number of allylic oxidation sites excluding steroid dienone is 1. The van der Waals surface area contributed by atoms with Gasteiger partial charge in [-0.1, -0.05) is 33.4 Å². The zero-order chi connectivity index (χ0) is 12.2. The topological polar surface area (TPSA) is 38.7 Å². The third-order valence-electron chi connectivity index (χ3n) is 2.96. The molecule has 0 spiro atoms. The normalized spacial score (nSPS) is 23.4. The lowest BCUT2D eigenvalue weighted by molar-refractivity contribution is -0.138. The van der Waals surface area contributed by atoms with Crippen LogP contribution in [0.4, 0.5) is 0 Å². The first-order valence-electron chi connectivity index (χ1n) is 5.43. The quantitative estimate of drug-likeness (QED) is 0.540. The van der Waals surface area contributed by atoms with E-state index in [9.17, 15) is 4.79 Å². The first kappa shape index (κ1) is 12.7. The van der Waals surface area contributed by atoms with Crippen molar-refractivity contribution in [2.75, 3.05) is 6.61 Å².